The smallest absolute Gasteiger partial charge is 0.241 e. The van der Waals surface area contributed by atoms with E-state index < -0.39 is 6.04 Å². The molecule has 0 radical (unpaired) electrons. The van der Waals surface area contributed by atoms with Gasteiger partial charge in [0.25, 0.3) is 0 Å². The van der Waals surface area contributed by atoms with Crippen LogP contribution in [-0.2, 0) is 9.53 Å². The molecule has 1 aromatic carbocycles. The van der Waals surface area contributed by atoms with Gasteiger partial charge in [-0.2, -0.15) is 0 Å². The number of nitrogens with two attached hydrogens (primary N) is 1. The number of carbonyl (C=O) groups excluding carboxylic acids is 1. The number of ether oxygens (including phenoxy) is 2. The van der Waals surface area contributed by atoms with Gasteiger partial charge in [-0.25, -0.2) is 0 Å². The number of rotatable bonds is 6. The topological polar surface area (TPSA) is 73.6 Å². The molecular formula is C17H27ClN2O3. The summed E-state index contributed by atoms with van der Waals surface area (Å²) in [6, 6.07) is 6.92. The summed E-state index contributed by atoms with van der Waals surface area (Å²) in [5, 5.41) is 2.87. The summed E-state index contributed by atoms with van der Waals surface area (Å²) in [5.74, 6) is 0.866. The number of hydrogen-bond donors (Lipinski definition) is 2. The summed E-state index contributed by atoms with van der Waals surface area (Å²) in [7, 11) is 0. The Bertz CT molecular complexity index is 475. The lowest BCUT2D eigenvalue weighted by Crippen LogP contribution is -2.43. The molecule has 130 valence electrons. The van der Waals surface area contributed by atoms with E-state index in [1.54, 1.807) is 0 Å². The maximum atomic E-state index is 12.2. The Kier molecular flexibility index (Phi) is 8.37. The molecule has 1 saturated heterocycles. The standard InChI is InChI=1S/C17H26N2O3.ClH/c1-3-12(2)22-15-6-4-14(5-7-15)19-17(20)16(18)13-8-10-21-11-9-13;/h4-7,12-13,16H,3,8-11,18H2,1-2H3,(H,19,20);1H. The molecule has 6 heteroatoms. The van der Waals surface area contributed by atoms with Crippen molar-refractivity contribution >= 4 is 24.0 Å². The molecular weight excluding hydrogens is 316 g/mol. The Balaban J connectivity index is 0.00000264. The van der Waals surface area contributed by atoms with Crippen molar-refractivity contribution in [1.29, 1.82) is 0 Å². The third kappa shape index (κ3) is 6.01. The lowest BCUT2D eigenvalue weighted by atomic mass is 9.92. The fourth-order valence-corrected chi connectivity index (χ4v) is 2.45. The van der Waals surface area contributed by atoms with Crippen molar-refractivity contribution in [1.82, 2.24) is 0 Å². The molecule has 1 heterocycles. The Morgan fingerprint density at radius 3 is 2.52 bits per heavy atom. The Labute approximate surface area is 144 Å². The fourth-order valence-electron chi connectivity index (χ4n) is 2.45. The molecule has 1 aliphatic heterocycles. The summed E-state index contributed by atoms with van der Waals surface area (Å²) < 4.78 is 11.0. The van der Waals surface area contributed by atoms with Crippen LogP contribution in [0.4, 0.5) is 5.69 Å². The van der Waals surface area contributed by atoms with Crippen LogP contribution < -0.4 is 15.8 Å². The van der Waals surface area contributed by atoms with Gasteiger partial charge < -0.3 is 20.5 Å². The van der Waals surface area contributed by atoms with Crippen LogP contribution in [0.5, 0.6) is 5.75 Å². The average molecular weight is 343 g/mol. The van der Waals surface area contributed by atoms with Crippen molar-refractivity contribution in [2.45, 2.75) is 45.3 Å². The number of halogens is 1. The quantitative estimate of drug-likeness (QED) is 0.833. The first kappa shape index (κ1) is 19.7. The summed E-state index contributed by atoms with van der Waals surface area (Å²) in [6.07, 6.45) is 2.83. The highest BCUT2D eigenvalue weighted by molar-refractivity contribution is 5.94. The second-order valence-corrected chi connectivity index (χ2v) is 5.83. The van der Waals surface area contributed by atoms with Gasteiger partial charge in [-0.15, -0.1) is 12.4 Å². The molecule has 0 aliphatic carbocycles. The zero-order chi connectivity index (χ0) is 15.9. The maximum absolute atomic E-state index is 12.2. The molecule has 0 saturated carbocycles. The summed E-state index contributed by atoms with van der Waals surface area (Å²) in [4.78, 5) is 12.2. The van der Waals surface area contributed by atoms with Crippen LogP contribution in [0.3, 0.4) is 0 Å². The van der Waals surface area contributed by atoms with Crippen molar-refractivity contribution in [3.05, 3.63) is 24.3 Å². The minimum Gasteiger partial charge on any atom is -0.491 e. The van der Waals surface area contributed by atoms with Gasteiger partial charge in [0.1, 0.15) is 5.75 Å². The Morgan fingerprint density at radius 2 is 1.96 bits per heavy atom. The molecule has 1 amide bonds. The van der Waals surface area contributed by atoms with Crippen molar-refractivity contribution in [3.63, 3.8) is 0 Å². The number of hydrogen-bond acceptors (Lipinski definition) is 4. The van der Waals surface area contributed by atoms with E-state index in [-0.39, 0.29) is 30.3 Å². The monoisotopic (exact) mass is 342 g/mol. The normalized spacial score (nSPS) is 17.7. The van der Waals surface area contributed by atoms with Crippen LogP contribution in [0, 0.1) is 5.92 Å². The number of carbonyl (C=O) groups is 1. The molecule has 1 aliphatic rings. The largest absolute Gasteiger partial charge is 0.491 e. The van der Waals surface area contributed by atoms with Gasteiger partial charge in [0.05, 0.1) is 12.1 Å². The van der Waals surface area contributed by atoms with E-state index in [2.05, 4.69) is 12.2 Å². The van der Waals surface area contributed by atoms with Gasteiger partial charge >= 0.3 is 0 Å². The van der Waals surface area contributed by atoms with E-state index in [9.17, 15) is 4.79 Å². The molecule has 1 aromatic rings. The van der Waals surface area contributed by atoms with Crippen LogP contribution in [0.15, 0.2) is 24.3 Å². The van der Waals surface area contributed by atoms with E-state index in [4.69, 9.17) is 15.2 Å². The van der Waals surface area contributed by atoms with Crippen molar-refractivity contribution < 1.29 is 14.3 Å². The van der Waals surface area contributed by atoms with Gasteiger partial charge in [-0.05, 0) is 56.4 Å². The number of benzene rings is 1. The van der Waals surface area contributed by atoms with Crippen molar-refractivity contribution in [2.24, 2.45) is 11.7 Å². The van der Waals surface area contributed by atoms with Crippen molar-refractivity contribution in [3.8, 4) is 5.75 Å². The molecule has 2 atom stereocenters. The lowest BCUT2D eigenvalue weighted by Gasteiger charge is -2.26. The van der Waals surface area contributed by atoms with Crippen LogP contribution in [-0.4, -0.2) is 31.3 Å². The first-order valence-electron chi connectivity index (χ1n) is 8.01. The third-order valence-corrected chi connectivity index (χ3v) is 4.11. The molecule has 3 N–H and O–H groups in total. The zero-order valence-corrected chi connectivity index (χ0v) is 14.6. The van der Waals surface area contributed by atoms with Crippen LogP contribution in [0.2, 0.25) is 0 Å². The molecule has 0 aromatic heterocycles. The van der Waals surface area contributed by atoms with E-state index in [0.29, 0.717) is 13.2 Å². The fraction of sp³-hybridized carbons (Fsp3) is 0.588. The minimum atomic E-state index is -0.486. The first-order valence-corrected chi connectivity index (χ1v) is 8.01. The van der Waals surface area contributed by atoms with E-state index in [1.807, 2.05) is 31.2 Å². The van der Waals surface area contributed by atoms with Crippen LogP contribution in [0.1, 0.15) is 33.1 Å². The number of amides is 1. The minimum absolute atomic E-state index is 0. The highest BCUT2D eigenvalue weighted by Gasteiger charge is 2.26. The van der Waals surface area contributed by atoms with Crippen LogP contribution in [0.25, 0.3) is 0 Å². The zero-order valence-electron chi connectivity index (χ0n) is 13.8. The molecule has 2 rings (SSSR count). The molecule has 0 bridgehead atoms. The Hall–Kier alpha value is -1.30. The second-order valence-electron chi connectivity index (χ2n) is 5.83. The predicted molar refractivity (Wildman–Crippen MR) is 94.2 cm³/mol. The highest BCUT2D eigenvalue weighted by atomic mass is 35.5. The van der Waals surface area contributed by atoms with Gasteiger partial charge in [0, 0.05) is 18.9 Å². The second kappa shape index (κ2) is 9.75. The molecule has 1 fully saturated rings. The van der Waals surface area contributed by atoms with Gasteiger partial charge in [0.2, 0.25) is 5.91 Å². The van der Waals surface area contributed by atoms with Crippen LogP contribution >= 0.6 is 12.4 Å². The number of anilines is 1. The first-order chi connectivity index (χ1) is 10.6. The molecule has 2 unspecified atom stereocenters. The van der Waals surface area contributed by atoms with Gasteiger partial charge in [0.15, 0.2) is 0 Å². The highest BCUT2D eigenvalue weighted by Crippen LogP contribution is 2.20. The SMILES string of the molecule is CCC(C)Oc1ccc(NC(=O)C(N)C2CCOCC2)cc1.Cl. The molecule has 0 spiro atoms. The molecule has 5 nitrogen and oxygen atoms in total. The lowest BCUT2D eigenvalue weighted by molar-refractivity contribution is -0.119. The summed E-state index contributed by atoms with van der Waals surface area (Å²) >= 11 is 0. The van der Waals surface area contributed by atoms with Crippen molar-refractivity contribution in [2.75, 3.05) is 18.5 Å². The van der Waals surface area contributed by atoms with Gasteiger partial charge in [-0.3, -0.25) is 4.79 Å². The van der Waals surface area contributed by atoms with E-state index >= 15 is 0 Å². The number of nitrogens with one attached hydrogen (secondary N) is 1. The van der Waals surface area contributed by atoms with Gasteiger partial charge in [-0.1, -0.05) is 6.92 Å². The van der Waals surface area contributed by atoms with E-state index in [1.165, 1.54) is 0 Å². The molecule has 23 heavy (non-hydrogen) atoms. The summed E-state index contributed by atoms with van der Waals surface area (Å²) in [5.41, 5.74) is 6.80. The third-order valence-electron chi connectivity index (χ3n) is 4.11. The van der Waals surface area contributed by atoms with E-state index in [0.717, 1.165) is 30.7 Å². The maximum Gasteiger partial charge on any atom is 0.241 e. The predicted octanol–water partition coefficient (Wildman–Crippen LogP) is 2.98. The Morgan fingerprint density at radius 1 is 1.35 bits per heavy atom. The summed E-state index contributed by atoms with van der Waals surface area (Å²) in [6.45, 7) is 5.49. The average Bonchev–Trinajstić information content (AvgIpc) is 2.56.